The molecule has 1 fully saturated rings. The van der Waals surface area contributed by atoms with Crippen molar-refractivity contribution in [3.63, 3.8) is 0 Å². The van der Waals surface area contributed by atoms with Gasteiger partial charge in [-0.3, -0.25) is 4.90 Å². The molecule has 0 bridgehead atoms. The van der Waals surface area contributed by atoms with Gasteiger partial charge in [-0.15, -0.1) is 0 Å². The molecular weight excluding hydrogens is 208 g/mol. The number of nitrogens with two attached hydrogens (primary N) is 1. The van der Waals surface area contributed by atoms with E-state index in [1.54, 1.807) is 0 Å². The smallest absolute Gasteiger partial charge is 0.0328 e. The highest BCUT2D eigenvalue weighted by Gasteiger charge is 2.33. The lowest BCUT2D eigenvalue weighted by Gasteiger charge is -2.43. The van der Waals surface area contributed by atoms with Crippen molar-refractivity contribution in [3.05, 3.63) is 0 Å². The Morgan fingerprint density at radius 3 is 2.12 bits per heavy atom. The Kier molecular flexibility index (Phi) is 6.50. The van der Waals surface area contributed by atoms with E-state index in [4.69, 9.17) is 5.73 Å². The molecule has 1 saturated carbocycles. The van der Waals surface area contributed by atoms with E-state index in [-0.39, 0.29) is 0 Å². The van der Waals surface area contributed by atoms with Crippen LogP contribution in [0.1, 0.15) is 65.2 Å². The van der Waals surface area contributed by atoms with Crippen LogP contribution in [0.25, 0.3) is 0 Å². The van der Waals surface area contributed by atoms with Crippen molar-refractivity contribution in [2.75, 3.05) is 20.1 Å². The lowest BCUT2D eigenvalue weighted by atomic mass is 9.82. The maximum atomic E-state index is 6.14. The predicted molar refractivity (Wildman–Crippen MR) is 76.2 cm³/mol. The average Bonchev–Trinajstić information content (AvgIpc) is 2.29. The molecule has 2 heteroatoms. The van der Waals surface area contributed by atoms with Gasteiger partial charge in [0.2, 0.25) is 0 Å². The molecule has 1 aliphatic rings. The first-order valence-corrected chi connectivity index (χ1v) is 7.56. The molecule has 0 aromatic heterocycles. The second-order valence-electron chi connectivity index (χ2n) is 6.09. The molecule has 0 radical (unpaired) electrons. The van der Waals surface area contributed by atoms with Gasteiger partial charge in [0.1, 0.15) is 0 Å². The van der Waals surface area contributed by atoms with Gasteiger partial charge in [-0.2, -0.15) is 0 Å². The van der Waals surface area contributed by atoms with Gasteiger partial charge in [0.15, 0.2) is 0 Å². The standard InChI is InChI=1S/C15H32N2/c1-4-14(2)12-17(3)15(13-16)10-8-6-5-7-9-11-15/h14H,4-13,16H2,1-3H3. The van der Waals surface area contributed by atoms with Gasteiger partial charge >= 0.3 is 0 Å². The van der Waals surface area contributed by atoms with Crippen molar-refractivity contribution < 1.29 is 0 Å². The minimum atomic E-state index is 0.295. The van der Waals surface area contributed by atoms with Crippen molar-refractivity contribution in [3.8, 4) is 0 Å². The molecule has 0 aliphatic heterocycles. The number of rotatable bonds is 5. The molecule has 1 unspecified atom stereocenters. The SMILES string of the molecule is CCC(C)CN(C)C1(CN)CCCCCCC1. The normalized spacial score (nSPS) is 23.1. The van der Waals surface area contributed by atoms with E-state index in [1.807, 2.05) is 0 Å². The fourth-order valence-electron chi connectivity index (χ4n) is 3.10. The number of nitrogens with zero attached hydrogens (tertiary/aromatic N) is 1. The van der Waals surface area contributed by atoms with Crippen molar-refractivity contribution in [1.29, 1.82) is 0 Å². The van der Waals surface area contributed by atoms with Crippen LogP contribution in [0.2, 0.25) is 0 Å². The Morgan fingerprint density at radius 1 is 1.12 bits per heavy atom. The second-order valence-corrected chi connectivity index (χ2v) is 6.09. The van der Waals surface area contributed by atoms with Crippen LogP contribution in [0.5, 0.6) is 0 Å². The molecule has 1 aliphatic carbocycles. The highest BCUT2D eigenvalue weighted by Crippen LogP contribution is 2.30. The summed E-state index contributed by atoms with van der Waals surface area (Å²) in [6, 6.07) is 0. The summed E-state index contributed by atoms with van der Waals surface area (Å²) in [6.45, 7) is 6.67. The highest BCUT2D eigenvalue weighted by atomic mass is 15.2. The van der Waals surface area contributed by atoms with Gasteiger partial charge < -0.3 is 5.73 Å². The first-order valence-electron chi connectivity index (χ1n) is 7.56. The summed E-state index contributed by atoms with van der Waals surface area (Å²) < 4.78 is 0. The maximum absolute atomic E-state index is 6.14. The van der Waals surface area contributed by atoms with E-state index in [2.05, 4.69) is 25.8 Å². The molecule has 0 amide bonds. The molecule has 2 N–H and O–H groups in total. The lowest BCUT2D eigenvalue weighted by Crippen LogP contribution is -2.53. The minimum Gasteiger partial charge on any atom is -0.329 e. The summed E-state index contributed by atoms with van der Waals surface area (Å²) >= 11 is 0. The van der Waals surface area contributed by atoms with Crippen LogP contribution in [0, 0.1) is 5.92 Å². The highest BCUT2D eigenvalue weighted by molar-refractivity contribution is 4.91. The third-order valence-electron chi connectivity index (χ3n) is 4.76. The fraction of sp³-hybridized carbons (Fsp3) is 1.00. The van der Waals surface area contributed by atoms with E-state index in [0.717, 1.165) is 12.5 Å². The van der Waals surface area contributed by atoms with Crippen LogP contribution in [0.3, 0.4) is 0 Å². The fourth-order valence-corrected chi connectivity index (χ4v) is 3.10. The topological polar surface area (TPSA) is 29.3 Å². The van der Waals surface area contributed by atoms with Crippen molar-refractivity contribution >= 4 is 0 Å². The molecule has 0 spiro atoms. The molecule has 0 saturated heterocycles. The van der Waals surface area contributed by atoms with Gasteiger partial charge in [0, 0.05) is 18.6 Å². The minimum absolute atomic E-state index is 0.295. The lowest BCUT2D eigenvalue weighted by molar-refractivity contribution is 0.0792. The quantitative estimate of drug-likeness (QED) is 0.798. The van der Waals surface area contributed by atoms with Crippen LogP contribution < -0.4 is 5.73 Å². The molecule has 2 nitrogen and oxygen atoms in total. The van der Waals surface area contributed by atoms with E-state index in [0.29, 0.717) is 5.54 Å². The van der Waals surface area contributed by atoms with Gasteiger partial charge in [-0.05, 0) is 25.8 Å². The molecule has 1 rings (SSSR count). The molecule has 0 aromatic rings. The monoisotopic (exact) mass is 240 g/mol. The van der Waals surface area contributed by atoms with Gasteiger partial charge in [0.25, 0.3) is 0 Å². The Labute approximate surface area is 108 Å². The molecule has 17 heavy (non-hydrogen) atoms. The summed E-state index contributed by atoms with van der Waals surface area (Å²) in [5, 5.41) is 0. The van der Waals surface area contributed by atoms with Crippen molar-refractivity contribution in [2.24, 2.45) is 11.7 Å². The predicted octanol–water partition coefficient (Wildman–Crippen LogP) is 3.41. The summed E-state index contributed by atoms with van der Waals surface area (Å²) in [5.41, 5.74) is 6.43. The van der Waals surface area contributed by atoms with Crippen LogP contribution in [0.15, 0.2) is 0 Å². The van der Waals surface area contributed by atoms with E-state index < -0.39 is 0 Å². The second kappa shape index (κ2) is 7.38. The van der Waals surface area contributed by atoms with Crippen molar-refractivity contribution in [1.82, 2.24) is 4.90 Å². The average molecular weight is 240 g/mol. The third-order valence-corrected chi connectivity index (χ3v) is 4.76. The number of hydrogen-bond donors (Lipinski definition) is 1. The largest absolute Gasteiger partial charge is 0.329 e. The zero-order valence-electron chi connectivity index (χ0n) is 12.2. The molecule has 1 atom stereocenters. The van der Waals surface area contributed by atoms with E-state index >= 15 is 0 Å². The van der Waals surface area contributed by atoms with E-state index in [9.17, 15) is 0 Å². The maximum Gasteiger partial charge on any atom is 0.0328 e. The van der Waals surface area contributed by atoms with Crippen LogP contribution in [0.4, 0.5) is 0 Å². The van der Waals surface area contributed by atoms with Crippen LogP contribution in [-0.4, -0.2) is 30.6 Å². The first-order chi connectivity index (χ1) is 8.14. The number of likely N-dealkylation sites (N-methyl/N-ethyl adjacent to an activating group) is 1. The Hall–Kier alpha value is -0.0800. The van der Waals surface area contributed by atoms with Crippen LogP contribution >= 0.6 is 0 Å². The first kappa shape index (κ1) is 15.0. The van der Waals surface area contributed by atoms with Crippen molar-refractivity contribution in [2.45, 2.75) is 70.8 Å². The molecule has 102 valence electrons. The Balaban J connectivity index is 2.62. The third kappa shape index (κ3) is 4.26. The summed E-state index contributed by atoms with van der Waals surface area (Å²) in [4.78, 5) is 2.58. The zero-order chi connectivity index (χ0) is 12.7. The molecule has 0 heterocycles. The summed E-state index contributed by atoms with van der Waals surface area (Å²) in [7, 11) is 2.29. The Morgan fingerprint density at radius 2 is 1.65 bits per heavy atom. The van der Waals surface area contributed by atoms with Gasteiger partial charge in [-0.25, -0.2) is 0 Å². The zero-order valence-corrected chi connectivity index (χ0v) is 12.2. The van der Waals surface area contributed by atoms with E-state index in [1.165, 1.54) is 57.9 Å². The summed E-state index contributed by atoms with van der Waals surface area (Å²) in [5.74, 6) is 0.786. The number of hydrogen-bond acceptors (Lipinski definition) is 2. The van der Waals surface area contributed by atoms with Crippen LogP contribution in [-0.2, 0) is 0 Å². The molecule has 0 aromatic carbocycles. The Bertz CT molecular complexity index is 195. The molecular formula is C15H32N2. The van der Waals surface area contributed by atoms with Gasteiger partial charge in [-0.1, -0.05) is 52.4 Å². The van der Waals surface area contributed by atoms with Gasteiger partial charge in [0.05, 0.1) is 0 Å². The summed E-state index contributed by atoms with van der Waals surface area (Å²) in [6.07, 6.45) is 10.8.